The molecule has 102 valence electrons. The van der Waals surface area contributed by atoms with E-state index in [9.17, 15) is 12.8 Å². The second-order valence-electron chi connectivity index (χ2n) is 4.95. The van der Waals surface area contributed by atoms with Gasteiger partial charge in [0.2, 0.25) is 0 Å². The topological polar surface area (TPSA) is 49.4 Å². The number of thiocarbonyl (C=S) groups is 1. The maximum atomic E-state index is 12.9. The minimum atomic E-state index is -2.98. The molecule has 2 atom stereocenters. The minimum absolute atomic E-state index is 0.109. The Labute approximate surface area is 116 Å². The number of halogens is 1. The summed E-state index contributed by atoms with van der Waals surface area (Å²) in [5, 5.41) is 3.64. The molecule has 0 bridgehead atoms. The van der Waals surface area contributed by atoms with Crippen LogP contribution >= 0.6 is 12.2 Å². The zero-order valence-corrected chi connectivity index (χ0v) is 11.7. The molecule has 0 amide bonds. The molecule has 0 radical (unpaired) electrons. The van der Waals surface area contributed by atoms with Gasteiger partial charge in [-0.15, -0.1) is 0 Å². The van der Waals surface area contributed by atoms with Gasteiger partial charge in [0.1, 0.15) is 5.82 Å². The predicted octanol–water partition coefficient (Wildman–Crippen LogP) is 0.681. The number of rotatable bonds is 2. The molecule has 2 aliphatic rings. The number of sulfone groups is 1. The Morgan fingerprint density at radius 3 is 2.68 bits per heavy atom. The lowest BCUT2D eigenvalue weighted by Crippen LogP contribution is -2.36. The molecule has 19 heavy (non-hydrogen) atoms. The van der Waals surface area contributed by atoms with E-state index < -0.39 is 9.84 Å². The fraction of sp³-hybridized carbons (Fsp3) is 0.417. The number of benzene rings is 1. The van der Waals surface area contributed by atoms with Gasteiger partial charge in [0, 0.05) is 6.54 Å². The van der Waals surface area contributed by atoms with Crippen LogP contribution in [0.5, 0.6) is 0 Å². The van der Waals surface area contributed by atoms with Crippen LogP contribution in [-0.2, 0) is 16.4 Å². The van der Waals surface area contributed by atoms with Gasteiger partial charge in [-0.3, -0.25) is 0 Å². The molecular formula is C12H13FN2O2S2. The zero-order chi connectivity index (χ0) is 13.6. The van der Waals surface area contributed by atoms with Crippen LogP contribution in [0, 0.1) is 5.82 Å². The molecule has 1 N–H and O–H groups in total. The van der Waals surface area contributed by atoms with E-state index in [1.807, 2.05) is 4.90 Å². The molecule has 1 aromatic carbocycles. The van der Waals surface area contributed by atoms with Crippen molar-refractivity contribution < 1.29 is 12.8 Å². The Hall–Kier alpha value is -1.21. The standard InChI is InChI=1S/C12H13FN2O2S2/c13-9-3-1-8(2-4-9)5-15-11-7-19(16,17)6-10(11)14-12(15)18/h1-4,10-11H,5-7H2,(H,14,18)/t10-,11-/m0/s1. The average molecular weight is 300 g/mol. The minimum Gasteiger partial charge on any atom is -0.357 e. The van der Waals surface area contributed by atoms with Crippen LogP contribution in [0.4, 0.5) is 4.39 Å². The maximum absolute atomic E-state index is 12.9. The highest BCUT2D eigenvalue weighted by atomic mass is 32.2. The third kappa shape index (κ3) is 2.44. The first-order chi connectivity index (χ1) is 8.94. The third-order valence-corrected chi connectivity index (χ3v) is 5.63. The first-order valence-electron chi connectivity index (χ1n) is 5.97. The highest BCUT2D eigenvalue weighted by Crippen LogP contribution is 2.25. The Balaban J connectivity index is 1.80. The third-order valence-electron chi connectivity index (χ3n) is 3.56. The molecule has 0 saturated carbocycles. The Morgan fingerprint density at radius 2 is 2.00 bits per heavy atom. The lowest BCUT2D eigenvalue weighted by Gasteiger charge is -2.23. The maximum Gasteiger partial charge on any atom is 0.169 e. The zero-order valence-electron chi connectivity index (χ0n) is 10.0. The molecular weight excluding hydrogens is 287 g/mol. The van der Waals surface area contributed by atoms with Crippen molar-refractivity contribution in [2.24, 2.45) is 0 Å². The largest absolute Gasteiger partial charge is 0.357 e. The smallest absolute Gasteiger partial charge is 0.169 e. The van der Waals surface area contributed by atoms with Gasteiger partial charge in [-0.2, -0.15) is 0 Å². The number of fused-ring (bicyclic) bond motifs is 1. The quantitative estimate of drug-likeness (QED) is 0.814. The van der Waals surface area contributed by atoms with E-state index in [1.54, 1.807) is 12.1 Å². The van der Waals surface area contributed by atoms with Gasteiger partial charge in [0.05, 0.1) is 23.6 Å². The summed E-state index contributed by atoms with van der Waals surface area (Å²) < 4.78 is 36.1. The molecule has 0 unspecified atom stereocenters. The molecule has 0 aliphatic carbocycles. The van der Waals surface area contributed by atoms with Crippen molar-refractivity contribution in [1.82, 2.24) is 10.2 Å². The van der Waals surface area contributed by atoms with E-state index in [2.05, 4.69) is 5.32 Å². The van der Waals surface area contributed by atoms with Crippen LogP contribution in [0.3, 0.4) is 0 Å². The number of hydrogen-bond donors (Lipinski definition) is 1. The molecule has 2 heterocycles. The van der Waals surface area contributed by atoms with E-state index in [1.165, 1.54) is 12.1 Å². The van der Waals surface area contributed by atoms with E-state index in [-0.39, 0.29) is 29.4 Å². The summed E-state index contributed by atoms with van der Waals surface area (Å²) in [6.07, 6.45) is 0. The molecule has 3 rings (SSSR count). The summed E-state index contributed by atoms with van der Waals surface area (Å²) in [4.78, 5) is 1.89. The Bertz CT molecular complexity index is 615. The van der Waals surface area contributed by atoms with Gasteiger partial charge in [0.15, 0.2) is 14.9 Å². The van der Waals surface area contributed by atoms with Crippen molar-refractivity contribution in [2.45, 2.75) is 18.6 Å². The number of nitrogens with one attached hydrogen (secondary N) is 1. The Kier molecular flexibility index (Phi) is 2.98. The van der Waals surface area contributed by atoms with Gasteiger partial charge in [-0.05, 0) is 29.9 Å². The van der Waals surface area contributed by atoms with Crippen molar-refractivity contribution in [3.8, 4) is 0 Å². The summed E-state index contributed by atoms with van der Waals surface area (Å²) in [7, 11) is -2.98. The van der Waals surface area contributed by atoms with Crippen LogP contribution in [0.1, 0.15) is 5.56 Å². The highest BCUT2D eigenvalue weighted by molar-refractivity contribution is 7.91. The van der Waals surface area contributed by atoms with Gasteiger partial charge < -0.3 is 10.2 Å². The second-order valence-corrected chi connectivity index (χ2v) is 7.50. The van der Waals surface area contributed by atoms with Crippen LogP contribution in [0.2, 0.25) is 0 Å². The molecule has 2 aliphatic heterocycles. The van der Waals surface area contributed by atoms with E-state index in [4.69, 9.17) is 12.2 Å². The van der Waals surface area contributed by atoms with Gasteiger partial charge in [0.25, 0.3) is 0 Å². The fourth-order valence-electron chi connectivity index (χ4n) is 2.64. The van der Waals surface area contributed by atoms with Crippen LogP contribution in [-0.4, -0.2) is 42.0 Å². The van der Waals surface area contributed by atoms with Gasteiger partial charge in [-0.1, -0.05) is 12.1 Å². The van der Waals surface area contributed by atoms with Crippen LogP contribution in [0.15, 0.2) is 24.3 Å². The predicted molar refractivity (Wildman–Crippen MR) is 73.9 cm³/mol. The van der Waals surface area contributed by atoms with Crippen molar-refractivity contribution in [3.05, 3.63) is 35.6 Å². The SMILES string of the molecule is O=S1(=O)C[C@@H]2NC(=S)N(Cc3ccc(F)cc3)[C@H]2C1. The summed E-state index contributed by atoms with van der Waals surface area (Å²) in [5.74, 6) is -0.0174. The van der Waals surface area contributed by atoms with E-state index in [0.717, 1.165) is 5.56 Å². The first kappa shape index (κ1) is 12.8. The monoisotopic (exact) mass is 300 g/mol. The lowest BCUT2D eigenvalue weighted by molar-refractivity contribution is 0.348. The van der Waals surface area contributed by atoms with Crippen molar-refractivity contribution >= 4 is 27.2 Å². The van der Waals surface area contributed by atoms with Crippen LogP contribution in [0.25, 0.3) is 0 Å². The van der Waals surface area contributed by atoms with Gasteiger partial charge in [-0.25, -0.2) is 12.8 Å². The molecule has 4 nitrogen and oxygen atoms in total. The highest BCUT2D eigenvalue weighted by Gasteiger charge is 2.46. The number of hydrogen-bond acceptors (Lipinski definition) is 3. The molecule has 1 aromatic rings. The summed E-state index contributed by atoms with van der Waals surface area (Å²) >= 11 is 5.24. The van der Waals surface area contributed by atoms with E-state index >= 15 is 0 Å². The summed E-state index contributed by atoms with van der Waals surface area (Å²) in [5.41, 5.74) is 0.912. The van der Waals surface area contributed by atoms with Crippen molar-refractivity contribution in [1.29, 1.82) is 0 Å². The normalized spacial score (nSPS) is 28.3. The second kappa shape index (κ2) is 4.42. The average Bonchev–Trinajstić information content (AvgIpc) is 2.75. The number of nitrogens with zero attached hydrogens (tertiary/aromatic N) is 1. The van der Waals surface area contributed by atoms with Crippen LogP contribution < -0.4 is 5.32 Å². The summed E-state index contributed by atoms with van der Waals surface area (Å²) in [6, 6.07) is 5.94. The molecule has 0 spiro atoms. The van der Waals surface area contributed by atoms with Gasteiger partial charge >= 0.3 is 0 Å². The van der Waals surface area contributed by atoms with Crippen molar-refractivity contribution in [3.63, 3.8) is 0 Å². The molecule has 2 fully saturated rings. The van der Waals surface area contributed by atoms with Crippen molar-refractivity contribution in [2.75, 3.05) is 11.5 Å². The molecule has 0 aromatic heterocycles. The lowest BCUT2D eigenvalue weighted by atomic mass is 10.1. The molecule has 7 heteroatoms. The molecule has 2 saturated heterocycles. The van der Waals surface area contributed by atoms with E-state index in [0.29, 0.717) is 11.7 Å². The fourth-order valence-corrected chi connectivity index (χ4v) is 4.91. The Morgan fingerprint density at radius 1 is 1.32 bits per heavy atom. The summed E-state index contributed by atoms with van der Waals surface area (Å²) in [6.45, 7) is 0.503. The first-order valence-corrected chi connectivity index (χ1v) is 8.19.